The van der Waals surface area contributed by atoms with Crippen LogP contribution < -0.4 is 10.6 Å². The van der Waals surface area contributed by atoms with Gasteiger partial charge in [-0.15, -0.1) is 0 Å². The van der Waals surface area contributed by atoms with Gasteiger partial charge in [-0.1, -0.05) is 30.3 Å². The van der Waals surface area contributed by atoms with E-state index in [9.17, 15) is 4.79 Å². The fourth-order valence-electron chi connectivity index (χ4n) is 4.52. The Morgan fingerprint density at radius 3 is 2.50 bits per heavy atom. The van der Waals surface area contributed by atoms with Crippen LogP contribution in [0.4, 0.5) is 10.1 Å². The number of amides is 1. The first-order chi connectivity index (χ1) is 18.7. The van der Waals surface area contributed by atoms with Gasteiger partial charge >= 0.3 is 0 Å². The third-order valence-electron chi connectivity index (χ3n) is 6.37. The highest BCUT2D eigenvalue weighted by Crippen LogP contribution is 2.36. The molecule has 0 bridgehead atoms. The van der Waals surface area contributed by atoms with Gasteiger partial charge in [0.15, 0.2) is 0 Å². The molecule has 0 aliphatic heterocycles. The van der Waals surface area contributed by atoms with Gasteiger partial charge in [0.1, 0.15) is 11.5 Å². The van der Waals surface area contributed by atoms with Gasteiger partial charge in [-0.2, -0.15) is 0 Å². The Labute approximate surface area is 217 Å². The molecule has 0 radical (unpaired) electrons. The van der Waals surface area contributed by atoms with Crippen LogP contribution in [0.5, 0.6) is 0 Å². The van der Waals surface area contributed by atoms with Crippen LogP contribution in [-0.2, 0) is 0 Å². The van der Waals surface area contributed by atoms with E-state index in [1.54, 1.807) is 42.9 Å². The van der Waals surface area contributed by atoms with Crippen LogP contribution >= 0.6 is 0 Å². The minimum atomic E-state index is -0.442. The van der Waals surface area contributed by atoms with Gasteiger partial charge in [0.05, 0.1) is 23.6 Å². The van der Waals surface area contributed by atoms with Gasteiger partial charge in [-0.05, 0) is 48.0 Å². The molecule has 4 heterocycles. The molecule has 6 aromatic rings. The number of nitrogens with zero attached hydrogens (tertiary/aromatic N) is 3. The second kappa shape index (κ2) is 10.1. The third-order valence-corrected chi connectivity index (χ3v) is 6.37. The summed E-state index contributed by atoms with van der Waals surface area (Å²) in [6.45, 7) is 1.07. The Balaban J connectivity index is 1.27. The van der Waals surface area contributed by atoms with Crippen molar-refractivity contribution in [2.24, 2.45) is 0 Å². The predicted molar refractivity (Wildman–Crippen MR) is 147 cm³/mol. The molecule has 0 saturated carbocycles. The molecule has 3 N–H and O–H groups in total. The molecule has 0 aliphatic rings. The molecule has 8 heteroatoms. The Morgan fingerprint density at radius 2 is 1.71 bits per heavy atom. The van der Waals surface area contributed by atoms with Gasteiger partial charge in [0.25, 0.3) is 5.91 Å². The molecule has 186 valence electrons. The maximum absolute atomic E-state index is 15.3. The van der Waals surface area contributed by atoms with Gasteiger partial charge in [0, 0.05) is 58.6 Å². The Hall–Kier alpha value is -5.11. The second-order valence-corrected chi connectivity index (χ2v) is 8.81. The van der Waals surface area contributed by atoms with E-state index in [1.165, 1.54) is 6.20 Å². The fraction of sp³-hybridized carbons (Fsp3) is 0.0667. The van der Waals surface area contributed by atoms with Crippen LogP contribution in [0.2, 0.25) is 0 Å². The first kappa shape index (κ1) is 23.3. The molecular weight excluding hydrogens is 479 g/mol. The largest absolute Gasteiger partial charge is 0.383 e. The zero-order valence-corrected chi connectivity index (χ0v) is 20.3. The van der Waals surface area contributed by atoms with E-state index >= 15 is 4.39 Å². The summed E-state index contributed by atoms with van der Waals surface area (Å²) in [5, 5.41) is 7.64. The summed E-state index contributed by atoms with van der Waals surface area (Å²) in [6, 6.07) is 22.4. The number of carbonyl (C=O) groups is 1. The van der Waals surface area contributed by atoms with Crippen LogP contribution in [0.1, 0.15) is 10.4 Å². The normalized spacial score (nSPS) is 11.1. The topological polar surface area (TPSA) is 95.6 Å². The molecule has 0 fully saturated rings. The average Bonchev–Trinajstić information content (AvgIpc) is 3.34. The van der Waals surface area contributed by atoms with Crippen LogP contribution in [0.25, 0.3) is 44.3 Å². The monoisotopic (exact) mass is 502 g/mol. The van der Waals surface area contributed by atoms with Crippen molar-refractivity contribution < 1.29 is 9.18 Å². The zero-order chi connectivity index (χ0) is 25.9. The minimum Gasteiger partial charge on any atom is -0.383 e. The standard InChI is InChI=1S/C30H23FN6O/c31-24-17-36-29-28(23-15-25(35-18-26(23)37-29)21-5-4-12-32-16-21)27(24)19-8-10-20(11-9-19)30(38)34-14-13-33-22-6-2-1-3-7-22/h1-12,15-18,33H,13-14H2,(H,34,38)(H,36,37). The summed E-state index contributed by atoms with van der Waals surface area (Å²) < 4.78 is 15.3. The maximum Gasteiger partial charge on any atom is 0.251 e. The number of halogens is 1. The number of para-hydroxylation sites is 1. The summed E-state index contributed by atoms with van der Waals surface area (Å²) in [5.74, 6) is -0.631. The molecule has 38 heavy (non-hydrogen) atoms. The summed E-state index contributed by atoms with van der Waals surface area (Å²) in [5.41, 5.74) is 5.49. The number of aromatic amines is 1. The van der Waals surface area contributed by atoms with Crippen molar-refractivity contribution in [3.05, 3.63) is 109 Å². The van der Waals surface area contributed by atoms with E-state index < -0.39 is 5.82 Å². The van der Waals surface area contributed by atoms with Crippen molar-refractivity contribution in [2.45, 2.75) is 0 Å². The lowest BCUT2D eigenvalue weighted by Crippen LogP contribution is -2.28. The number of fused-ring (bicyclic) bond motifs is 3. The molecule has 0 unspecified atom stereocenters. The molecule has 1 amide bonds. The maximum atomic E-state index is 15.3. The van der Waals surface area contributed by atoms with Crippen LogP contribution in [0.3, 0.4) is 0 Å². The second-order valence-electron chi connectivity index (χ2n) is 8.81. The summed E-state index contributed by atoms with van der Waals surface area (Å²) in [7, 11) is 0. The summed E-state index contributed by atoms with van der Waals surface area (Å²) in [6.07, 6.45) is 6.38. The number of H-pyrrole nitrogens is 1. The summed E-state index contributed by atoms with van der Waals surface area (Å²) in [4.78, 5) is 28.9. The molecule has 0 aliphatic carbocycles. The first-order valence-electron chi connectivity index (χ1n) is 12.2. The highest BCUT2D eigenvalue weighted by atomic mass is 19.1. The molecule has 0 spiro atoms. The smallest absolute Gasteiger partial charge is 0.251 e. The van der Waals surface area contributed by atoms with Crippen LogP contribution in [0.15, 0.2) is 97.6 Å². The number of pyridine rings is 3. The molecule has 2 aromatic carbocycles. The van der Waals surface area contributed by atoms with E-state index in [2.05, 4.69) is 30.6 Å². The van der Waals surface area contributed by atoms with E-state index in [0.717, 1.165) is 27.8 Å². The van der Waals surface area contributed by atoms with Crippen molar-refractivity contribution >= 4 is 33.5 Å². The number of rotatable bonds is 7. The lowest BCUT2D eigenvalue weighted by atomic mass is 9.99. The van der Waals surface area contributed by atoms with Gasteiger partial charge in [0.2, 0.25) is 0 Å². The molecule has 4 aromatic heterocycles. The Morgan fingerprint density at radius 1 is 0.868 bits per heavy atom. The third kappa shape index (κ3) is 4.55. The molecule has 6 rings (SSSR count). The van der Waals surface area contributed by atoms with Crippen molar-refractivity contribution in [2.75, 3.05) is 18.4 Å². The number of carbonyl (C=O) groups excluding carboxylic acids is 1. The highest BCUT2D eigenvalue weighted by molar-refractivity contribution is 6.13. The van der Waals surface area contributed by atoms with Crippen molar-refractivity contribution in [3.63, 3.8) is 0 Å². The lowest BCUT2D eigenvalue weighted by Gasteiger charge is -2.10. The molecular formula is C30H23FN6O. The predicted octanol–water partition coefficient (Wildman–Crippen LogP) is 5.82. The van der Waals surface area contributed by atoms with Gasteiger partial charge < -0.3 is 15.6 Å². The first-order valence-corrected chi connectivity index (χ1v) is 12.2. The van der Waals surface area contributed by atoms with Crippen LogP contribution in [-0.4, -0.2) is 38.9 Å². The Kier molecular flexibility index (Phi) is 6.19. The van der Waals surface area contributed by atoms with E-state index in [4.69, 9.17) is 0 Å². The van der Waals surface area contributed by atoms with Crippen molar-refractivity contribution in [3.8, 4) is 22.4 Å². The van der Waals surface area contributed by atoms with Crippen molar-refractivity contribution in [1.29, 1.82) is 0 Å². The van der Waals surface area contributed by atoms with E-state index in [0.29, 0.717) is 40.8 Å². The van der Waals surface area contributed by atoms with E-state index in [-0.39, 0.29) is 5.91 Å². The number of anilines is 1. The van der Waals surface area contributed by atoms with Gasteiger partial charge in [-0.25, -0.2) is 9.37 Å². The quantitative estimate of drug-likeness (QED) is 0.239. The number of hydrogen-bond donors (Lipinski definition) is 3. The van der Waals surface area contributed by atoms with E-state index in [1.807, 2.05) is 48.5 Å². The Bertz CT molecular complexity index is 1730. The number of nitrogens with one attached hydrogen (secondary N) is 3. The molecule has 7 nitrogen and oxygen atoms in total. The minimum absolute atomic E-state index is 0.189. The summed E-state index contributed by atoms with van der Waals surface area (Å²) >= 11 is 0. The fourth-order valence-corrected chi connectivity index (χ4v) is 4.52. The number of hydrogen-bond acceptors (Lipinski definition) is 5. The highest BCUT2D eigenvalue weighted by Gasteiger charge is 2.18. The zero-order valence-electron chi connectivity index (χ0n) is 20.3. The van der Waals surface area contributed by atoms with Crippen molar-refractivity contribution in [1.82, 2.24) is 25.3 Å². The van der Waals surface area contributed by atoms with Gasteiger partial charge in [-0.3, -0.25) is 14.8 Å². The molecule has 0 saturated heterocycles. The van der Waals surface area contributed by atoms with Crippen LogP contribution in [0, 0.1) is 5.82 Å². The number of aromatic nitrogens is 4. The number of benzene rings is 2. The lowest BCUT2D eigenvalue weighted by molar-refractivity contribution is 0.0955. The average molecular weight is 503 g/mol. The molecule has 0 atom stereocenters. The SMILES string of the molecule is O=C(NCCNc1ccccc1)c1ccc(-c2c(F)cnc3[nH]c4cnc(-c5cccnc5)cc4c23)cc1.